The number of carbonyl (C=O) groups is 2. The third-order valence-electron chi connectivity index (χ3n) is 3.19. The Morgan fingerprint density at radius 3 is 2.52 bits per heavy atom. The second-order valence-corrected chi connectivity index (χ2v) is 5.73. The highest BCUT2D eigenvalue weighted by Crippen LogP contribution is 2.24. The Hall–Kier alpha value is -1.56. The lowest BCUT2D eigenvalue weighted by Crippen LogP contribution is -2.52. The minimum atomic E-state index is -1.05. The van der Waals surface area contributed by atoms with Gasteiger partial charge in [-0.3, -0.25) is 4.79 Å². The number of hydrogen-bond donors (Lipinski definition) is 1. The SMILES string of the molecule is CCC[C@@](C)(NC(=O)c1cc(OC)ccc1Br)C(=O)OC. The van der Waals surface area contributed by atoms with E-state index in [9.17, 15) is 9.59 Å². The van der Waals surface area contributed by atoms with E-state index in [4.69, 9.17) is 9.47 Å². The van der Waals surface area contributed by atoms with Gasteiger partial charge in [0.25, 0.3) is 5.91 Å². The number of ether oxygens (including phenoxy) is 2. The fourth-order valence-corrected chi connectivity index (χ4v) is 2.49. The highest BCUT2D eigenvalue weighted by Gasteiger charge is 2.35. The molecular formula is C15H20BrNO4. The van der Waals surface area contributed by atoms with Gasteiger partial charge in [0.05, 0.1) is 19.8 Å². The van der Waals surface area contributed by atoms with E-state index in [2.05, 4.69) is 21.2 Å². The molecule has 0 aliphatic carbocycles. The second-order valence-electron chi connectivity index (χ2n) is 4.87. The summed E-state index contributed by atoms with van der Waals surface area (Å²) in [5, 5.41) is 2.75. The van der Waals surface area contributed by atoms with Crippen molar-refractivity contribution in [3.05, 3.63) is 28.2 Å². The molecule has 0 aliphatic heterocycles. The van der Waals surface area contributed by atoms with Crippen LogP contribution in [0.2, 0.25) is 0 Å². The minimum absolute atomic E-state index is 0.359. The van der Waals surface area contributed by atoms with Gasteiger partial charge in [0.1, 0.15) is 11.3 Å². The van der Waals surface area contributed by atoms with Crippen LogP contribution in [0.1, 0.15) is 37.0 Å². The summed E-state index contributed by atoms with van der Waals surface area (Å²) in [6.45, 7) is 3.60. The molecule has 1 amide bonds. The van der Waals surface area contributed by atoms with Crippen LogP contribution in [0, 0.1) is 0 Å². The summed E-state index contributed by atoms with van der Waals surface area (Å²) in [5.41, 5.74) is -0.649. The minimum Gasteiger partial charge on any atom is -0.497 e. The lowest BCUT2D eigenvalue weighted by molar-refractivity contribution is -0.147. The zero-order chi connectivity index (χ0) is 16.0. The van der Waals surface area contributed by atoms with Gasteiger partial charge in [0.2, 0.25) is 0 Å². The Labute approximate surface area is 133 Å². The first-order chi connectivity index (χ1) is 9.87. The van der Waals surface area contributed by atoms with Crippen LogP contribution in [0.3, 0.4) is 0 Å². The number of amides is 1. The summed E-state index contributed by atoms with van der Waals surface area (Å²) < 4.78 is 10.5. The molecule has 0 spiro atoms. The molecule has 1 aromatic carbocycles. The molecule has 0 unspecified atom stereocenters. The maximum atomic E-state index is 12.4. The zero-order valence-corrected chi connectivity index (χ0v) is 14.2. The first kappa shape index (κ1) is 17.5. The molecule has 0 bridgehead atoms. The van der Waals surface area contributed by atoms with E-state index < -0.39 is 11.5 Å². The van der Waals surface area contributed by atoms with Gasteiger partial charge in [0, 0.05) is 4.47 Å². The smallest absolute Gasteiger partial charge is 0.331 e. The van der Waals surface area contributed by atoms with E-state index in [1.54, 1.807) is 25.1 Å². The normalized spacial score (nSPS) is 13.2. The van der Waals surface area contributed by atoms with Crippen molar-refractivity contribution in [1.82, 2.24) is 5.32 Å². The number of halogens is 1. The Bertz CT molecular complexity index is 532. The Morgan fingerprint density at radius 2 is 2.00 bits per heavy atom. The molecule has 0 aromatic heterocycles. The topological polar surface area (TPSA) is 64.6 Å². The molecule has 0 radical (unpaired) electrons. The van der Waals surface area contributed by atoms with Crippen molar-refractivity contribution in [2.75, 3.05) is 14.2 Å². The van der Waals surface area contributed by atoms with Crippen molar-refractivity contribution >= 4 is 27.8 Å². The second kappa shape index (κ2) is 7.45. The molecule has 1 aromatic rings. The van der Waals surface area contributed by atoms with Gasteiger partial charge in [-0.2, -0.15) is 0 Å². The molecule has 0 fully saturated rings. The quantitative estimate of drug-likeness (QED) is 0.795. The molecular weight excluding hydrogens is 338 g/mol. The van der Waals surface area contributed by atoms with E-state index in [1.165, 1.54) is 14.2 Å². The van der Waals surface area contributed by atoms with E-state index in [0.717, 1.165) is 6.42 Å². The standard InChI is InChI=1S/C15H20BrNO4/c1-5-8-15(2,14(19)21-4)17-13(18)11-9-10(20-3)6-7-12(11)16/h6-7,9H,5,8H2,1-4H3,(H,17,18)/t15-/m1/s1. The van der Waals surface area contributed by atoms with Gasteiger partial charge in [-0.05, 0) is 47.5 Å². The van der Waals surface area contributed by atoms with Crippen LogP contribution in [0.25, 0.3) is 0 Å². The monoisotopic (exact) mass is 357 g/mol. The maximum Gasteiger partial charge on any atom is 0.331 e. The highest BCUT2D eigenvalue weighted by molar-refractivity contribution is 9.10. The molecule has 1 N–H and O–H groups in total. The summed E-state index contributed by atoms with van der Waals surface area (Å²) in [4.78, 5) is 24.4. The number of nitrogens with one attached hydrogen (secondary N) is 1. The molecule has 0 heterocycles. The molecule has 1 atom stereocenters. The Balaban J connectivity index is 3.05. The van der Waals surface area contributed by atoms with Crippen molar-refractivity contribution in [1.29, 1.82) is 0 Å². The van der Waals surface area contributed by atoms with Gasteiger partial charge in [-0.1, -0.05) is 13.3 Å². The fourth-order valence-electron chi connectivity index (χ4n) is 2.06. The summed E-state index contributed by atoms with van der Waals surface area (Å²) >= 11 is 3.33. The van der Waals surface area contributed by atoms with Crippen molar-refractivity contribution < 1.29 is 19.1 Å². The first-order valence-electron chi connectivity index (χ1n) is 6.62. The van der Waals surface area contributed by atoms with Crippen molar-refractivity contribution in [3.8, 4) is 5.75 Å². The Kier molecular flexibility index (Phi) is 6.20. The molecule has 0 saturated heterocycles. The van der Waals surface area contributed by atoms with Crippen molar-refractivity contribution in [2.24, 2.45) is 0 Å². The molecule has 6 heteroatoms. The van der Waals surface area contributed by atoms with Gasteiger partial charge in [0.15, 0.2) is 0 Å². The number of methoxy groups -OCH3 is 2. The van der Waals surface area contributed by atoms with E-state index in [0.29, 0.717) is 22.2 Å². The van der Waals surface area contributed by atoms with Gasteiger partial charge in [-0.25, -0.2) is 4.79 Å². The van der Waals surface area contributed by atoms with Crippen molar-refractivity contribution in [2.45, 2.75) is 32.2 Å². The summed E-state index contributed by atoms with van der Waals surface area (Å²) in [6.07, 6.45) is 1.23. The van der Waals surface area contributed by atoms with E-state index >= 15 is 0 Å². The number of carbonyl (C=O) groups excluding carboxylic acids is 2. The van der Waals surface area contributed by atoms with Crippen LogP contribution in [0.5, 0.6) is 5.75 Å². The lowest BCUT2D eigenvalue weighted by Gasteiger charge is -2.27. The van der Waals surface area contributed by atoms with Crippen LogP contribution >= 0.6 is 15.9 Å². The van der Waals surface area contributed by atoms with Crippen LogP contribution in [0.4, 0.5) is 0 Å². The molecule has 0 saturated carbocycles. The third-order valence-corrected chi connectivity index (χ3v) is 3.88. The molecule has 5 nitrogen and oxygen atoms in total. The zero-order valence-electron chi connectivity index (χ0n) is 12.7. The maximum absolute atomic E-state index is 12.4. The van der Waals surface area contributed by atoms with Gasteiger partial charge in [-0.15, -0.1) is 0 Å². The van der Waals surface area contributed by atoms with E-state index in [-0.39, 0.29) is 5.91 Å². The van der Waals surface area contributed by atoms with Crippen LogP contribution < -0.4 is 10.1 Å². The van der Waals surface area contributed by atoms with Crippen LogP contribution in [-0.2, 0) is 9.53 Å². The predicted molar refractivity (Wildman–Crippen MR) is 83.5 cm³/mol. The summed E-state index contributed by atoms with van der Waals surface area (Å²) in [7, 11) is 2.84. The lowest BCUT2D eigenvalue weighted by atomic mass is 9.95. The fraction of sp³-hybridized carbons (Fsp3) is 0.467. The van der Waals surface area contributed by atoms with Crippen molar-refractivity contribution in [3.63, 3.8) is 0 Å². The highest BCUT2D eigenvalue weighted by atomic mass is 79.9. The number of benzene rings is 1. The molecule has 116 valence electrons. The average molecular weight is 358 g/mol. The van der Waals surface area contributed by atoms with Gasteiger partial charge < -0.3 is 14.8 Å². The van der Waals surface area contributed by atoms with Crippen LogP contribution in [-0.4, -0.2) is 31.6 Å². The number of hydrogen-bond acceptors (Lipinski definition) is 4. The largest absolute Gasteiger partial charge is 0.497 e. The Morgan fingerprint density at radius 1 is 1.33 bits per heavy atom. The summed E-state index contributed by atoms with van der Waals surface area (Å²) in [5.74, 6) is -0.252. The van der Waals surface area contributed by atoms with Crippen LogP contribution in [0.15, 0.2) is 22.7 Å². The van der Waals surface area contributed by atoms with Gasteiger partial charge >= 0.3 is 5.97 Å². The molecule has 21 heavy (non-hydrogen) atoms. The first-order valence-corrected chi connectivity index (χ1v) is 7.41. The predicted octanol–water partition coefficient (Wildman–Crippen LogP) is 2.92. The summed E-state index contributed by atoms with van der Waals surface area (Å²) in [6, 6.07) is 5.08. The molecule has 0 aliphatic rings. The molecule has 1 rings (SSSR count). The third kappa shape index (κ3) is 4.20. The average Bonchev–Trinajstić information content (AvgIpc) is 2.46. The number of rotatable bonds is 6. The number of esters is 1. The van der Waals surface area contributed by atoms with E-state index in [1.807, 2.05) is 6.92 Å².